The van der Waals surface area contributed by atoms with Crippen molar-refractivity contribution >= 4 is 22.5 Å². The minimum Gasteiger partial charge on any atom is -0.245 e. The Morgan fingerprint density at radius 2 is 2.29 bits per heavy atom. The highest BCUT2D eigenvalue weighted by molar-refractivity contribution is 6.30. The van der Waals surface area contributed by atoms with E-state index in [1.807, 2.05) is 13.0 Å². The average molecular weight is 204 g/mol. The quantitative estimate of drug-likeness (QED) is 0.618. The molecule has 0 atom stereocenters. The van der Waals surface area contributed by atoms with Crippen molar-refractivity contribution in [3.8, 4) is 6.07 Å². The monoisotopic (exact) mass is 203 g/mol. The second kappa shape index (κ2) is 3.24. The van der Waals surface area contributed by atoms with Crippen LogP contribution in [0.1, 0.15) is 11.3 Å². The van der Waals surface area contributed by atoms with Gasteiger partial charge in [-0.25, -0.2) is 9.97 Å². The molecule has 0 aliphatic rings. The molecule has 0 fully saturated rings. The van der Waals surface area contributed by atoms with E-state index in [0.717, 1.165) is 10.9 Å². The van der Waals surface area contributed by atoms with Gasteiger partial charge in [-0.2, -0.15) is 5.26 Å². The summed E-state index contributed by atoms with van der Waals surface area (Å²) in [4.78, 5) is 8.09. The van der Waals surface area contributed by atoms with Gasteiger partial charge in [0.1, 0.15) is 16.9 Å². The molecule has 0 bridgehead atoms. The van der Waals surface area contributed by atoms with E-state index in [1.165, 1.54) is 0 Å². The van der Waals surface area contributed by atoms with Crippen LogP contribution in [-0.4, -0.2) is 9.97 Å². The van der Waals surface area contributed by atoms with Crippen LogP contribution < -0.4 is 0 Å². The van der Waals surface area contributed by atoms with Crippen molar-refractivity contribution in [1.82, 2.24) is 9.97 Å². The topological polar surface area (TPSA) is 49.6 Å². The number of nitrogens with zero attached hydrogens (tertiary/aromatic N) is 3. The molecule has 0 saturated carbocycles. The first-order valence-corrected chi connectivity index (χ1v) is 4.42. The van der Waals surface area contributed by atoms with Crippen molar-refractivity contribution in [1.29, 1.82) is 5.26 Å². The van der Waals surface area contributed by atoms with Crippen LogP contribution in [-0.2, 0) is 0 Å². The summed E-state index contributed by atoms with van der Waals surface area (Å²) < 4.78 is 0. The Balaban J connectivity index is 2.96. The Morgan fingerprint density at radius 1 is 1.50 bits per heavy atom. The zero-order valence-corrected chi connectivity index (χ0v) is 8.21. The summed E-state index contributed by atoms with van der Waals surface area (Å²) in [5, 5.41) is 10.1. The summed E-state index contributed by atoms with van der Waals surface area (Å²) in [6.45, 7) is 1.89. The number of fused-ring (bicyclic) bond motifs is 1. The summed E-state index contributed by atoms with van der Waals surface area (Å²) in [5.41, 5.74) is 2.02. The molecule has 2 heterocycles. The zero-order chi connectivity index (χ0) is 10.1. The first kappa shape index (κ1) is 8.92. The molecule has 0 amide bonds. The first-order valence-electron chi connectivity index (χ1n) is 4.04. The molecule has 14 heavy (non-hydrogen) atoms. The number of pyridine rings is 2. The van der Waals surface area contributed by atoms with E-state index in [4.69, 9.17) is 16.9 Å². The summed E-state index contributed by atoms with van der Waals surface area (Å²) >= 11 is 5.81. The van der Waals surface area contributed by atoms with Gasteiger partial charge in [0.2, 0.25) is 0 Å². The fraction of sp³-hybridized carbons (Fsp3) is 0.100. The van der Waals surface area contributed by atoms with Crippen LogP contribution in [0.25, 0.3) is 10.9 Å². The van der Waals surface area contributed by atoms with Crippen molar-refractivity contribution < 1.29 is 0 Å². The minimum absolute atomic E-state index is 0.393. The maximum Gasteiger partial charge on any atom is 0.150 e. The molecule has 2 rings (SSSR count). The van der Waals surface area contributed by atoms with E-state index in [1.54, 1.807) is 18.3 Å². The van der Waals surface area contributed by atoms with E-state index >= 15 is 0 Å². The van der Waals surface area contributed by atoms with Gasteiger partial charge in [-0.05, 0) is 24.6 Å². The number of aryl methyl sites for hydroxylation is 1. The molecule has 2 aromatic heterocycles. The standard InChI is InChI=1S/C10H6ClN3/c1-6-4-9(11)14-7-2-3-13-8(5-12)10(6)7/h2-4H,1H3. The fourth-order valence-electron chi connectivity index (χ4n) is 1.42. The summed E-state index contributed by atoms with van der Waals surface area (Å²) in [6, 6.07) is 5.51. The summed E-state index contributed by atoms with van der Waals surface area (Å²) in [6.07, 6.45) is 1.56. The van der Waals surface area contributed by atoms with Crippen LogP contribution in [0.5, 0.6) is 0 Å². The molecule has 0 aromatic carbocycles. The number of halogens is 1. The molecule has 4 heteroatoms. The van der Waals surface area contributed by atoms with E-state index < -0.39 is 0 Å². The van der Waals surface area contributed by atoms with Crippen LogP contribution in [0, 0.1) is 18.3 Å². The highest BCUT2D eigenvalue weighted by Gasteiger charge is 2.06. The number of aromatic nitrogens is 2. The maximum absolute atomic E-state index is 8.86. The summed E-state index contributed by atoms with van der Waals surface area (Å²) in [7, 11) is 0. The molecular weight excluding hydrogens is 198 g/mol. The normalized spacial score (nSPS) is 10.1. The number of hydrogen-bond donors (Lipinski definition) is 0. The Morgan fingerprint density at radius 3 is 3.00 bits per heavy atom. The third kappa shape index (κ3) is 1.30. The van der Waals surface area contributed by atoms with E-state index in [0.29, 0.717) is 16.4 Å². The predicted octanol–water partition coefficient (Wildman–Crippen LogP) is 2.46. The van der Waals surface area contributed by atoms with Gasteiger partial charge in [-0.3, -0.25) is 0 Å². The van der Waals surface area contributed by atoms with Gasteiger partial charge < -0.3 is 0 Å². The van der Waals surface area contributed by atoms with Crippen molar-refractivity contribution in [2.24, 2.45) is 0 Å². The van der Waals surface area contributed by atoms with Crippen LogP contribution >= 0.6 is 11.6 Å². The lowest BCUT2D eigenvalue weighted by atomic mass is 10.1. The maximum atomic E-state index is 8.86. The third-order valence-corrected chi connectivity index (χ3v) is 2.19. The highest BCUT2D eigenvalue weighted by atomic mass is 35.5. The highest BCUT2D eigenvalue weighted by Crippen LogP contribution is 2.21. The molecule has 0 radical (unpaired) electrons. The molecule has 0 aliphatic heterocycles. The molecule has 0 saturated heterocycles. The van der Waals surface area contributed by atoms with E-state index in [2.05, 4.69) is 9.97 Å². The lowest BCUT2D eigenvalue weighted by Gasteiger charge is -2.02. The molecule has 0 spiro atoms. The lowest BCUT2D eigenvalue weighted by molar-refractivity contribution is 1.26. The molecule has 3 nitrogen and oxygen atoms in total. The van der Waals surface area contributed by atoms with Gasteiger partial charge >= 0.3 is 0 Å². The Bertz CT molecular complexity index is 543. The van der Waals surface area contributed by atoms with Crippen LogP contribution in [0.3, 0.4) is 0 Å². The Kier molecular flexibility index (Phi) is 2.06. The number of nitriles is 1. The average Bonchev–Trinajstić information content (AvgIpc) is 2.16. The number of rotatable bonds is 0. The predicted molar refractivity (Wildman–Crippen MR) is 54.0 cm³/mol. The van der Waals surface area contributed by atoms with Gasteiger partial charge in [-0.15, -0.1) is 0 Å². The Labute approximate surface area is 86.0 Å². The van der Waals surface area contributed by atoms with Crippen molar-refractivity contribution in [2.45, 2.75) is 6.92 Å². The third-order valence-electron chi connectivity index (χ3n) is 1.99. The van der Waals surface area contributed by atoms with Gasteiger partial charge in [-0.1, -0.05) is 11.6 Å². The van der Waals surface area contributed by atoms with Crippen LogP contribution in [0.2, 0.25) is 5.15 Å². The van der Waals surface area contributed by atoms with Gasteiger partial charge in [0.05, 0.1) is 5.52 Å². The lowest BCUT2D eigenvalue weighted by Crippen LogP contribution is -1.90. The molecule has 2 aromatic rings. The molecule has 0 aliphatic carbocycles. The van der Waals surface area contributed by atoms with Crippen molar-refractivity contribution in [3.05, 3.63) is 34.7 Å². The Hall–Kier alpha value is -1.66. The number of hydrogen-bond acceptors (Lipinski definition) is 3. The molecular formula is C10H6ClN3. The van der Waals surface area contributed by atoms with E-state index in [9.17, 15) is 0 Å². The molecule has 0 N–H and O–H groups in total. The smallest absolute Gasteiger partial charge is 0.150 e. The zero-order valence-electron chi connectivity index (χ0n) is 7.45. The van der Waals surface area contributed by atoms with Crippen molar-refractivity contribution in [3.63, 3.8) is 0 Å². The SMILES string of the molecule is Cc1cc(Cl)nc2ccnc(C#N)c12. The van der Waals surface area contributed by atoms with Gasteiger partial charge in [0, 0.05) is 11.6 Å². The molecule has 68 valence electrons. The second-order valence-corrected chi connectivity index (χ2v) is 3.31. The van der Waals surface area contributed by atoms with Crippen molar-refractivity contribution in [2.75, 3.05) is 0 Å². The largest absolute Gasteiger partial charge is 0.245 e. The minimum atomic E-state index is 0.393. The van der Waals surface area contributed by atoms with Gasteiger partial charge in [0.15, 0.2) is 0 Å². The summed E-state index contributed by atoms with van der Waals surface area (Å²) in [5.74, 6) is 0. The van der Waals surface area contributed by atoms with Crippen LogP contribution in [0.4, 0.5) is 0 Å². The van der Waals surface area contributed by atoms with Crippen LogP contribution in [0.15, 0.2) is 18.3 Å². The fourth-order valence-corrected chi connectivity index (χ4v) is 1.67. The first-order chi connectivity index (χ1) is 6.72. The molecule has 0 unspecified atom stereocenters. The second-order valence-electron chi connectivity index (χ2n) is 2.93. The van der Waals surface area contributed by atoms with E-state index in [-0.39, 0.29) is 0 Å². The van der Waals surface area contributed by atoms with Gasteiger partial charge in [0.25, 0.3) is 0 Å².